The van der Waals surface area contributed by atoms with Gasteiger partial charge in [0.05, 0.1) is 12.7 Å². The van der Waals surface area contributed by atoms with Crippen molar-refractivity contribution in [3.05, 3.63) is 0 Å². The quantitative estimate of drug-likeness (QED) is 0.614. The zero-order chi connectivity index (χ0) is 8.81. The first kappa shape index (κ1) is 9.46. The highest BCUT2D eigenvalue weighted by molar-refractivity contribution is 4.95. The van der Waals surface area contributed by atoms with Crippen LogP contribution in [0, 0.1) is 11.3 Å². The summed E-state index contributed by atoms with van der Waals surface area (Å²) < 4.78 is 4.97. The second kappa shape index (κ2) is 5.09. The molecule has 0 saturated carbocycles. The maximum atomic E-state index is 8.79. The molecule has 0 radical (unpaired) electrons. The maximum absolute atomic E-state index is 8.79. The fourth-order valence-corrected chi connectivity index (χ4v) is 1.35. The fourth-order valence-electron chi connectivity index (χ4n) is 1.35. The summed E-state index contributed by atoms with van der Waals surface area (Å²) >= 11 is 0. The summed E-state index contributed by atoms with van der Waals surface area (Å²) in [7, 11) is 1.68. The molecule has 4 heteroatoms. The van der Waals surface area contributed by atoms with Gasteiger partial charge in [-0.2, -0.15) is 5.26 Å². The van der Waals surface area contributed by atoms with Gasteiger partial charge in [-0.3, -0.25) is 4.90 Å². The van der Waals surface area contributed by atoms with Gasteiger partial charge in [-0.15, -0.1) is 0 Å². The molecule has 1 heterocycles. The average molecular weight is 169 g/mol. The third-order valence-corrected chi connectivity index (χ3v) is 2.09. The van der Waals surface area contributed by atoms with Gasteiger partial charge in [0.2, 0.25) is 0 Å². The van der Waals surface area contributed by atoms with Crippen LogP contribution in [0.25, 0.3) is 0 Å². The molecule has 1 unspecified atom stereocenters. The predicted molar refractivity (Wildman–Crippen MR) is 45.7 cm³/mol. The van der Waals surface area contributed by atoms with Gasteiger partial charge in [0.15, 0.2) is 0 Å². The molecular weight excluding hydrogens is 154 g/mol. The lowest BCUT2D eigenvalue weighted by atomic mass is 10.2. The third kappa shape index (κ3) is 2.45. The molecular formula is C8H15N3O. The minimum absolute atomic E-state index is 0.0221. The third-order valence-electron chi connectivity index (χ3n) is 2.09. The van der Waals surface area contributed by atoms with Gasteiger partial charge in [-0.1, -0.05) is 0 Å². The molecule has 1 N–H and O–H groups in total. The Labute approximate surface area is 73.1 Å². The average Bonchev–Trinajstić information content (AvgIpc) is 2.15. The Balaban J connectivity index is 2.32. The summed E-state index contributed by atoms with van der Waals surface area (Å²) in [5.41, 5.74) is 0. The zero-order valence-corrected chi connectivity index (χ0v) is 7.42. The normalized spacial score (nSPS) is 25.2. The Hall–Kier alpha value is -0.630. The molecule has 0 aromatic rings. The van der Waals surface area contributed by atoms with E-state index in [1.165, 1.54) is 0 Å². The molecule has 0 amide bonds. The predicted octanol–water partition coefficient (Wildman–Crippen LogP) is -0.570. The summed E-state index contributed by atoms with van der Waals surface area (Å²) in [4.78, 5) is 2.15. The zero-order valence-electron chi connectivity index (χ0n) is 7.42. The minimum Gasteiger partial charge on any atom is -0.383 e. The minimum atomic E-state index is 0.0221. The molecule has 68 valence electrons. The molecule has 1 aliphatic rings. The van der Waals surface area contributed by atoms with Gasteiger partial charge in [0, 0.05) is 33.3 Å². The fraction of sp³-hybridized carbons (Fsp3) is 0.875. The van der Waals surface area contributed by atoms with E-state index in [0.29, 0.717) is 6.61 Å². The lowest BCUT2D eigenvalue weighted by Crippen LogP contribution is -2.51. The van der Waals surface area contributed by atoms with Crippen molar-refractivity contribution in [2.75, 3.05) is 39.9 Å². The van der Waals surface area contributed by atoms with Crippen molar-refractivity contribution in [3.8, 4) is 6.07 Å². The van der Waals surface area contributed by atoms with Gasteiger partial charge in [0.1, 0.15) is 6.04 Å². The van der Waals surface area contributed by atoms with Crippen molar-refractivity contribution in [1.82, 2.24) is 10.2 Å². The van der Waals surface area contributed by atoms with Crippen molar-refractivity contribution in [1.29, 1.82) is 5.26 Å². The molecule has 4 nitrogen and oxygen atoms in total. The summed E-state index contributed by atoms with van der Waals surface area (Å²) in [6.45, 7) is 4.26. The van der Waals surface area contributed by atoms with E-state index < -0.39 is 0 Å². The van der Waals surface area contributed by atoms with Crippen LogP contribution in [0.5, 0.6) is 0 Å². The van der Waals surface area contributed by atoms with E-state index in [2.05, 4.69) is 16.3 Å². The first-order chi connectivity index (χ1) is 5.88. The smallest absolute Gasteiger partial charge is 0.110 e. The highest BCUT2D eigenvalue weighted by atomic mass is 16.5. The van der Waals surface area contributed by atoms with Gasteiger partial charge in [-0.05, 0) is 0 Å². The number of hydrogen-bond acceptors (Lipinski definition) is 4. The molecule has 12 heavy (non-hydrogen) atoms. The molecule has 0 bridgehead atoms. The van der Waals surface area contributed by atoms with Crippen molar-refractivity contribution >= 4 is 0 Å². The lowest BCUT2D eigenvalue weighted by Gasteiger charge is -2.31. The summed E-state index contributed by atoms with van der Waals surface area (Å²) in [5.74, 6) is 0. The van der Waals surface area contributed by atoms with Crippen LogP contribution in [0.4, 0.5) is 0 Å². The molecule has 1 atom stereocenters. The van der Waals surface area contributed by atoms with E-state index >= 15 is 0 Å². The van der Waals surface area contributed by atoms with E-state index in [9.17, 15) is 0 Å². The second-order valence-electron chi connectivity index (χ2n) is 2.88. The van der Waals surface area contributed by atoms with Crippen LogP contribution >= 0.6 is 0 Å². The van der Waals surface area contributed by atoms with E-state index in [1.807, 2.05) is 0 Å². The monoisotopic (exact) mass is 169 g/mol. The second-order valence-corrected chi connectivity index (χ2v) is 2.88. The van der Waals surface area contributed by atoms with Crippen LogP contribution in [0.15, 0.2) is 0 Å². The molecule has 0 aliphatic carbocycles. The lowest BCUT2D eigenvalue weighted by molar-refractivity contribution is 0.122. The first-order valence-electron chi connectivity index (χ1n) is 4.22. The van der Waals surface area contributed by atoms with Gasteiger partial charge in [0.25, 0.3) is 0 Å². The maximum Gasteiger partial charge on any atom is 0.110 e. The van der Waals surface area contributed by atoms with Crippen molar-refractivity contribution in [3.63, 3.8) is 0 Å². The van der Waals surface area contributed by atoms with E-state index in [1.54, 1.807) is 7.11 Å². The first-order valence-corrected chi connectivity index (χ1v) is 4.22. The Kier molecular flexibility index (Phi) is 4.01. The molecule has 0 aromatic heterocycles. The van der Waals surface area contributed by atoms with Crippen LogP contribution in [0.2, 0.25) is 0 Å². The van der Waals surface area contributed by atoms with Crippen molar-refractivity contribution in [2.24, 2.45) is 0 Å². The van der Waals surface area contributed by atoms with E-state index in [-0.39, 0.29) is 6.04 Å². The Bertz CT molecular complexity index is 166. The largest absolute Gasteiger partial charge is 0.383 e. The Morgan fingerprint density at radius 2 is 2.58 bits per heavy atom. The van der Waals surface area contributed by atoms with Crippen molar-refractivity contribution in [2.45, 2.75) is 6.04 Å². The van der Waals surface area contributed by atoms with Gasteiger partial charge >= 0.3 is 0 Å². The Morgan fingerprint density at radius 1 is 1.75 bits per heavy atom. The topological polar surface area (TPSA) is 48.3 Å². The van der Waals surface area contributed by atoms with Gasteiger partial charge < -0.3 is 10.1 Å². The van der Waals surface area contributed by atoms with Crippen LogP contribution in [-0.4, -0.2) is 50.8 Å². The highest BCUT2D eigenvalue weighted by Gasteiger charge is 2.20. The number of ether oxygens (including phenoxy) is 1. The molecule has 1 fully saturated rings. The summed E-state index contributed by atoms with van der Waals surface area (Å²) in [5, 5.41) is 12.0. The number of nitrogens with one attached hydrogen (secondary N) is 1. The molecule has 1 rings (SSSR count). The summed E-state index contributed by atoms with van der Waals surface area (Å²) in [6, 6.07) is 2.29. The van der Waals surface area contributed by atoms with Crippen LogP contribution in [0.1, 0.15) is 0 Å². The number of rotatable bonds is 3. The standard InChI is InChI=1S/C8H15N3O/c1-12-5-4-11-3-2-10-7-8(11)6-9/h8,10H,2-5,7H2,1H3. The van der Waals surface area contributed by atoms with E-state index in [0.717, 1.165) is 26.2 Å². The molecule has 0 aromatic carbocycles. The molecule has 1 aliphatic heterocycles. The Morgan fingerprint density at radius 3 is 3.25 bits per heavy atom. The number of piperazine rings is 1. The highest BCUT2D eigenvalue weighted by Crippen LogP contribution is 2.00. The number of nitrogens with zero attached hydrogens (tertiary/aromatic N) is 2. The molecule has 0 spiro atoms. The van der Waals surface area contributed by atoms with Crippen molar-refractivity contribution < 1.29 is 4.74 Å². The summed E-state index contributed by atoms with van der Waals surface area (Å²) in [6.07, 6.45) is 0. The van der Waals surface area contributed by atoms with Crippen LogP contribution in [0.3, 0.4) is 0 Å². The molecule has 1 saturated heterocycles. The van der Waals surface area contributed by atoms with Crippen LogP contribution in [-0.2, 0) is 4.74 Å². The van der Waals surface area contributed by atoms with Gasteiger partial charge in [-0.25, -0.2) is 0 Å². The number of methoxy groups -OCH3 is 1. The SMILES string of the molecule is COCCN1CCNCC1C#N. The van der Waals surface area contributed by atoms with Crippen LogP contribution < -0.4 is 5.32 Å². The van der Waals surface area contributed by atoms with E-state index in [4.69, 9.17) is 10.00 Å². The number of hydrogen-bond donors (Lipinski definition) is 1. The number of nitriles is 1.